The van der Waals surface area contributed by atoms with Crippen LogP contribution < -0.4 is 3.71 Å². The SMILES string of the molecule is O=S(=O)(O)c1c(N(S(=O)(=O)O)S(=O)(=O)O)ccc2ccccc12. The van der Waals surface area contributed by atoms with E-state index in [9.17, 15) is 29.8 Å². The van der Waals surface area contributed by atoms with Crippen molar-refractivity contribution in [1.29, 1.82) is 0 Å². The molecule has 0 aliphatic rings. The first-order valence-electron chi connectivity index (χ1n) is 5.58. The van der Waals surface area contributed by atoms with E-state index in [2.05, 4.69) is 0 Å². The molecule has 3 N–H and O–H groups in total. The number of nitrogens with zero attached hydrogens (tertiary/aromatic N) is 1. The maximum Gasteiger partial charge on any atom is 0.375 e. The zero-order valence-corrected chi connectivity index (χ0v) is 13.4. The van der Waals surface area contributed by atoms with Crippen LogP contribution in [0.25, 0.3) is 10.8 Å². The Balaban J connectivity index is 3.07. The van der Waals surface area contributed by atoms with Gasteiger partial charge < -0.3 is 0 Å². The predicted octanol–water partition coefficient (Wildman–Crippen LogP) is 0.499. The fourth-order valence-corrected chi connectivity index (χ4v) is 4.77. The number of hydrogen-bond acceptors (Lipinski definition) is 6. The molecule has 0 atom stereocenters. The summed E-state index contributed by atoms with van der Waals surface area (Å²) in [5.41, 5.74) is -1.16. The molecule has 0 unspecified atom stereocenters. The minimum absolute atomic E-state index is 0.218. The Morgan fingerprint density at radius 2 is 1.26 bits per heavy atom. The molecular formula is C10H9NO9S3. The van der Waals surface area contributed by atoms with E-state index in [0.717, 1.165) is 6.07 Å². The van der Waals surface area contributed by atoms with Crippen LogP contribution in [0.4, 0.5) is 5.69 Å². The van der Waals surface area contributed by atoms with Gasteiger partial charge in [-0.05, 0) is 11.5 Å². The third-order valence-electron chi connectivity index (χ3n) is 2.73. The van der Waals surface area contributed by atoms with E-state index >= 15 is 0 Å². The number of rotatable bonds is 4. The van der Waals surface area contributed by atoms with Gasteiger partial charge in [0.05, 0.1) is 5.69 Å². The Kier molecular flexibility index (Phi) is 4.13. The lowest BCUT2D eigenvalue weighted by Gasteiger charge is -2.19. The third-order valence-corrected chi connectivity index (χ3v) is 6.04. The first-order chi connectivity index (χ1) is 10.3. The van der Waals surface area contributed by atoms with Crippen LogP contribution in [0.1, 0.15) is 0 Å². The molecule has 0 saturated carbocycles. The first kappa shape index (κ1) is 17.6. The van der Waals surface area contributed by atoms with Crippen LogP contribution in [-0.4, -0.2) is 38.9 Å². The zero-order chi connectivity index (χ0) is 17.6. The lowest BCUT2D eigenvalue weighted by molar-refractivity contribution is 0.465. The standard InChI is InChI=1S/C10H9NO9S3/c12-21(13,14)10-8-4-2-1-3-7(8)5-6-9(10)11(22(15,16)17)23(18,19)20/h1-6H,(H,12,13,14)(H,15,16,17)(H,18,19,20). The highest BCUT2D eigenvalue weighted by Crippen LogP contribution is 2.35. The maximum absolute atomic E-state index is 11.6. The van der Waals surface area contributed by atoms with Crippen molar-refractivity contribution in [3.63, 3.8) is 0 Å². The Labute approximate surface area is 131 Å². The molecule has 0 bridgehead atoms. The van der Waals surface area contributed by atoms with Crippen LogP contribution in [0.3, 0.4) is 0 Å². The summed E-state index contributed by atoms with van der Waals surface area (Å²) in [5, 5.41) is 0.0132. The average molecular weight is 383 g/mol. The van der Waals surface area contributed by atoms with E-state index in [1.807, 2.05) is 0 Å². The number of hydrogen-bond donors (Lipinski definition) is 3. The van der Waals surface area contributed by atoms with Crippen LogP contribution in [0.2, 0.25) is 0 Å². The summed E-state index contributed by atoms with van der Waals surface area (Å²) in [6.07, 6.45) is 0. The summed E-state index contributed by atoms with van der Waals surface area (Å²) < 4.78 is 94.7. The summed E-state index contributed by atoms with van der Waals surface area (Å²) in [6, 6.07) is 7.30. The van der Waals surface area contributed by atoms with Gasteiger partial charge in [0.15, 0.2) is 0 Å². The van der Waals surface area contributed by atoms with Crippen LogP contribution >= 0.6 is 0 Å². The molecular weight excluding hydrogens is 374 g/mol. The molecule has 0 spiro atoms. The molecule has 0 amide bonds. The molecule has 2 aromatic rings. The zero-order valence-electron chi connectivity index (χ0n) is 10.9. The van der Waals surface area contributed by atoms with Gasteiger partial charge in [0, 0.05) is 5.39 Å². The monoisotopic (exact) mass is 383 g/mol. The van der Waals surface area contributed by atoms with Gasteiger partial charge in [-0.25, -0.2) is 0 Å². The molecule has 0 aliphatic carbocycles. The molecule has 2 rings (SSSR count). The van der Waals surface area contributed by atoms with Crippen molar-refractivity contribution in [3.05, 3.63) is 36.4 Å². The molecule has 0 heterocycles. The van der Waals surface area contributed by atoms with Gasteiger partial charge >= 0.3 is 20.6 Å². The van der Waals surface area contributed by atoms with Gasteiger partial charge in [0.25, 0.3) is 10.1 Å². The van der Waals surface area contributed by atoms with E-state index in [1.54, 1.807) is 0 Å². The smallest absolute Gasteiger partial charge is 0.282 e. The molecule has 126 valence electrons. The molecule has 0 aliphatic heterocycles. The summed E-state index contributed by atoms with van der Waals surface area (Å²) >= 11 is 0. The van der Waals surface area contributed by atoms with Crippen LogP contribution in [0.15, 0.2) is 41.3 Å². The van der Waals surface area contributed by atoms with Crippen LogP contribution in [-0.2, 0) is 30.7 Å². The van der Waals surface area contributed by atoms with Crippen molar-refractivity contribution >= 4 is 47.2 Å². The van der Waals surface area contributed by atoms with Crippen molar-refractivity contribution in [1.82, 2.24) is 0 Å². The van der Waals surface area contributed by atoms with Crippen molar-refractivity contribution in [3.8, 4) is 0 Å². The van der Waals surface area contributed by atoms with Gasteiger partial charge in [-0.3, -0.25) is 13.7 Å². The maximum atomic E-state index is 11.6. The largest absolute Gasteiger partial charge is 0.375 e. The second-order valence-electron chi connectivity index (χ2n) is 4.26. The van der Waals surface area contributed by atoms with Crippen molar-refractivity contribution in [2.45, 2.75) is 4.90 Å². The molecule has 10 nitrogen and oxygen atoms in total. The van der Waals surface area contributed by atoms with Crippen LogP contribution in [0, 0.1) is 0 Å². The minimum atomic E-state index is -5.61. The molecule has 2 aromatic carbocycles. The second kappa shape index (κ2) is 5.40. The quantitative estimate of drug-likeness (QED) is 0.637. The van der Waals surface area contributed by atoms with Crippen molar-refractivity contribution < 1.29 is 38.9 Å². The molecule has 0 aromatic heterocycles. The van der Waals surface area contributed by atoms with Crippen molar-refractivity contribution in [2.75, 3.05) is 3.71 Å². The fraction of sp³-hybridized carbons (Fsp3) is 0. The predicted molar refractivity (Wildman–Crippen MR) is 79.3 cm³/mol. The van der Waals surface area contributed by atoms with E-state index in [0.29, 0.717) is 6.07 Å². The van der Waals surface area contributed by atoms with Crippen LogP contribution in [0.5, 0.6) is 0 Å². The minimum Gasteiger partial charge on any atom is -0.282 e. The molecule has 23 heavy (non-hydrogen) atoms. The Morgan fingerprint density at radius 1 is 0.739 bits per heavy atom. The molecule has 0 saturated heterocycles. The highest BCUT2D eigenvalue weighted by atomic mass is 32.3. The van der Waals surface area contributed by atoms with Gasteiger partial charge in [0.1, 0.15) is 4.90 Å². The summed E-state index contributed by atoms with van der Waals surface area (Å²) in [4.78, 5) is -1.11. The van der Waals surface area contributed by atoms with E-state index < -0.39 is 45.0 Å². The summed E-state index contributed by atoms with van der Waals surface area (Å²) in [7, 11) is -16.3. The van der Waals surface area contributed by atoms with Crippen molar-refractivity contribution in [2.24, 2.45) is 0 Å². The van der Waals surface area contributed by atoms with Gasteiger partial charge in [-0.15, -0.1) is 3.71 Å². The molecule has 13 heteroatoms. The normalized spacial score (nSPS) is 13.2. The highest BCUT2D eigenvalue weighted by Gasteiger charge is 2.36. The van der Waals surface area contributed by atoms with E-state index in [4.69, 9.17) is 9.11 Å². The Bertz CT molecular complexity index is 1060. The van der Waals surface area contributed by atoms with E-state index in [1.165, 1.54) is 24.3 Å². The number of fused-ring (bicyclic) bond motifs is 1. The Hall–Kier alpha value is -1.77. The summed E-state index contributed by atoms with van der Waals surface area (Å²) in [5.74, 6) is 0. The number of benzene rings is 2. The first-order valence-corrected chi connectivity index (χ1v) is 9.81. The van der Waals surface area contributed by atoms with Gasteiger partial charge in [-0.2, -0.15) is 25.3 Å². The summed E-state index contributed by atoms with van der Waals surface area (Å²) in [6.45, 7) is 0. The average Bonchev–Trinajstić information content (AvgIpc) is 2.33. The fourth-order valence-electron chi connectivity index (χ4n) is 2.01. The lowest BCUT2D eigenvalue weighted by Crippen LogP contribution is -2.36. The van der Waals surface area contributed by atoms with Gasteiger partial charge in [-0.1, -0.05) is 30.3 Å². The van der Waals surface area contributed by atoms with Gasteiger partial charge in [0.2, 0.25) is 0 Å². The van der Waals surface area contributed by atoms with E-state index in [-0.39, 0.29) is 10.8 Å². The Morgan fingerprint density at radius 3 is 1.74 bits per heavy atom. The molecule has 0 fully saturated rings. The topological polar surface area (TPSA) is 166 Å². The number of anilines is 1. The molecule has 0 radical (unpaired) electrons. The highest BCUT2D eigenvalue weighted by molar-refractivity contribution is 8.05. The lowest BCUT2D eigenvalue weighted by atomic mass is 10.1. The third kappa shape index (κ3) is 3.44. The second-order valence-corrected chi connectivity index (χ2v) is 8.37.